The quantitative estimate of drug-likeness (QED) is 0.525. The van der Waals surface area contributed by atoms with Crippen LogP contribution in [0.1, 0.15) is 39.3 Å². The van der Waals surface area contributed by atoms with Crippen molar-refractivity contribution >= 4 is 22.6 Å². The van der Waals surface area contributed by atoms with Crippen LogP contribution in [0.3, 0.4) is 0 Å². The molecule has 0 saturated carbocycles. The molecule has 0 spiro atoms. The van der Waals surface area contributed by atoms with Crippen LogP contribution in [0.4, 0.5) is 0 Å². The zero-order valence-corrected chi connectivity index (χ0v) is 18.4. The molecule has 4 aromatic rings. The third-order valence-electron chi connectivity index (χ3n) is 6.14. The summed E-state index contributed by atoms with van der Waals surface area (Å²) >= 11 is 0. The molecule has 1 saturated heterocycles. The van der Waals surface area contributed by atoms with E-state index in [9.17, 15) is 9.59 Å². The van der Waals surface area contributed by atoms with Crippen molar-refractivity contribution in [2.24, 2.45) is 0 Å². The minimum Gasteiger partial charge on any atom is -0.349 e. The lowest BCUT2D eigenvalue weighted by molar-refractivity contribution is 0.0692. The third-order valence-corrected chi connectivity index (χ3v) is 6.14. The number of hydrogen-bond donors (Lipinski definition) is 1. The number of likely N-dealkylation sites (tertiary alicyclic amines) is 1. The van der Waals surface area contributed by atoms with Gasteiger partial charge in [-0.1, -0.05) is 53.2 Å². The van der Waals surface area contributed by atoms with Gasteiger partial charge in [-0.05, 0) is 54.8 Å². The fourth-order valence-corrected chi connectivity index (χ4v) is 4.17. The zero-order valence-electron chi connectivity index (χ0n) is 18.4. The monoisotopic (exact) mass is 439 g/mol. The molecule has 2 amide bonds. The Labute approximate surface area is 192 Å². The molecule has 2 heterocycles. The maximum absolute atomic E-state index is 12.9. The van der Waals surface area contributed by atoms with Crippen molar-refractivity contribution in [2.45, 2.75) is 25.8 Å². The van der Waals surface area contributed by atoms with Crippen LogP contribution in [0, 0.1) is 6.92 Å². The van der Waals surface area contributed by atoms with Crippen LogP contribution >= 0.6 is 0 Å². The Morgan fingerprint density at radius 3 is 2.42 bits per heavy atom. The average Bonchev–Trinajstić information content (AvgIpc) is 3.34. The predicted molar refractivity (Wildman–Crippen MR) is 126 cm³/mol. The maximum atomic E-state index is 12.9. The minimum atomic E-state index is -0.132. The molecule has 1 aromatic heterocycles. The van der Waals surface area contributed by atoms with Crippen LogP contribution in [0.2, 0.25) is 0 Å². The summed E-state index contributed by atoms with van der Waals surface area (Å²) in [4.78, 5) is 27.4. The second kappa shape index (κ2) is 8.86. The molecule has 0 bridgehead atoms. The van der Waals surface area contributed by atoms with Gasteiger partial charge < -0.3 is 10.2 Å². The number of rotatable bonds is 4. The number of benzene rings is 3. The first-order valence-corrected chi connectivity index (χ1v) is 11.2. The van der Waals surface area contributed by atoms with Gasteiger partial charge in [0.2, 0.25) is 0 Å². The number of aryl methyl sites for hydroxylation is 1. The maximum Gasteiger partial charge on any atom is 0.276 e. The zero-order chi connectivity index (χ0) is 22.8. The Morgan fingerprint density at radius 2 is 1.67 bits per heavy atom. The highest BCUT2D eigenvalue weighted by atomic mass is 16.2. The summed E-state index contributed by atoms with van der Waals surface area (Å²) in [5.74, 6) is -0.209. The van der Waals surface area contributed by atoms with Gasteiger partial charge >= 0.3 is 0 Å². The van der Waals surface area contributed by atoms with Gasteiger partial charge in [-0.25, -0.2) is 4.68 Å². The van der Waals surface area contributed by atoms with E-state index in [2.05, 4.69) is 15.6 Å². The molecule has 166 valence electrons. The van der Waals surface area contributed by atoms with Gasteiger partial charge in [0.1, 0.15) is 0 Å². The number of amides is 2. The smallest absolute Gasteiger partial charge is 0.276 e. The van der Waals surface area contributed by atoms with E-state index in [1.807, 2.05) is 73.7 Å². The molecular formula is C26H25N5O2. The molecule has 3 aromatic carbocycles. The molecule has 1 aliphatic heterocycles. The second-order valence-electron chi connectivity index (χ2n) is 8.49. The molecule has 7 nitrogen and oxygen atoms in total. The van der Waals surface area contributed by atoms with Crippen molar-refractivity contribution in [3.05, 3.63) is 89.7 Å². The number of carbonyl (C=O) groups excluding carboxylic acids is 2. The lowest BCUT2D eigenvalue weighted by Crippen LogP contribution is -2.46. The van der Waals surface area contributed by atoms with E-state index >= 15 is 0 Å². The number of hydrogen-bond acceptors (Lipinski definition) is 4. The number of nitrogens with zero attached hydrogens (tertiary/aromatic N) is 4. The number of aromatic nitrogens is 3. The van der Waals surface area contributed by atoms with Crippen LogP contribution in [0.15, 0.2) is 72.9 Å². The van der Waals surface area contributed by atoms with Crippen LogP contribution in [0.5, 0.6) is 0 Å². The highest BCUT2D eigenvalue weighted by Crippen LogP contribution is 2.18. The van der Waals surface area contributed by atoms with E-state index < -0.39 is 0 Å². The van der Waals surface area contributed by atoms with Gasteiger partial charge in [-0.15, -0.1) is 5.10 Å². The summed E-state index contributed by atoms with van der Waals surface area (Å²) in [5, 5.41) is 13.5. The van der Waals surface area contributed by atoms with Crippen molar-refractivity contribution in [1.29, 1.82) is 0 Å². The summed E-state index contributed by atoms with van der Waals surface area (Å²) in [6.07, 6.45) is 3.08. The minimum absolute atomic E-state index is 0.0382. The van der Waals surface area contributed by atoms with Crippen molar-refractivity contribution in [2.75, 3.05) is 13.1 Å². The van der Waals surface area contributed by atoms with Gasteiger partial charge in [0.15, 0.2) is 5.69 Å². The summed E-state index contributed by atoms with van der Waals surface area (Å²) < 4.78 is 1.61. The van der Waals surface area contributed by atoms with Gasteiger partial charge in [0.25, 0.3) is 11.8 Å². The van der Waals surface area contributed by atoms with Crippen LogP contribution in [0.25, 0.3) is 16.5 Å². The summed E-state index contributed by atoms with van der Waals surface area (Å²) in [6.45, 7) is 3.16. The number of fused-ring (bicyclic) bond motifs is 1. The number of nitrogens with one attached hydrogen (secondary N) is 1. The molecule has 0 unspecified atom stereocenters. The molecule has 33 heavy (non-hydrogen) atoms. The summed E-state index contributed by atoms with van der Waals surface area (Å²) in [7, 11) is 0. The lowest BCUT2D eigenvalue weighted by Gasteiger charge is -2.32. The SMILES string of the molecule is Cc1ccc(-n2cc(C(=O)N3CCC(NC(=O)c4ccc5ccccc5c4)CC3)nn2)cc1. The second-order valence-corrected chi connectivity index (χ2v) is 8.49. The van der Waals surface area contributed by atoms with E-state index in [4.69, 9.17) is 0 Å². The number of carbonyl (C=O) groups is 2. The fourth-order valence-electron chi connectivity index (χ4n) is 4.17. The topological polar surface area (TPSA) is 80.1 Å². The molecule has 0 aliphatic carbocycles. The highest BCUT2D eigenvalue weighted by molar-refractivity contribution is 5.98. The largest absolute Gasteiger partial charge is 0.349 e. The standard InChI is InChI=1S/C26H25N5O2/c1-18-6-10-23(11-7-18)31-17-24(28-29-31)26(33)30-14-12-22(13-15-30)27-25(32)21-9-8-19-4-2-3-5-20(19)16-21/h2-11,16-17,22H,12-15H2,1H3,(H,27,32). The molecule has 0 radical (unpaired) electrons. The van der Waals surface area contributed by atoms with Crippen LogP contribution < -0.4 is 5.32 Å². The molecule has 1 aliphatic rings. The summed E-state index contributed by atoms with van der Waals surface area (Å²) in [5.41, 5.74) is 3.00. The summed E-state index contributed by atoms with van der Waals surface area (Å²) in [6, 6.07) is 21.7. The van der Waals surface area contributed by atoms with Gasteiger partial charge in [0, 0.05) is 24.7 Å². The van der Waals surface area contributed by atoms with E-state index in [-0.39, 0.29) is 17.9 Å². The average molecular weight is 440 g/mol. The molecular weight excluding hydrogens is 414 g/mol. The first-order chi connectivity index (χ1) is 16.1. The fraction of sp³-hybridized carbons (Fsp3) is 0.231. The lowest BCUT2D eigenvalue weighted by atomic mass is 10.0. The number of piperidine rings is 1. The predicted octanol–water partition coefficient (Wildman–Crippen LogP) is 3.76. The Kier molecular flexibility index (Phi) is 5.60. The van der Waals surface area contributed by atoms with Crippen LogP contribution in [-0.4, -0.2) is 50.8 Å². The van der Waals surface area contributed by atoms with Gasteiger partial charge in [0.05, 0.1) is 11.9 Å². The Balaban J connectivity index is 1.18. The molecule has 1 N–H and O–H groups in total. The van der Waals surface area contributed by atoms with Gasteiger partial charge in [-0.2, -0.15) is 0 Å². The van der Waals surface area contributed by atoms with Crippen molar-refractivity contribution in [3.63, 3.8) is 0 Å². The molecule has 0 atom stereocenters. The first-order valence-electron chi connectivity index (χ1n) is 11.2. The normalized spacial score (nSPS) is 14.4. The Hall–Kier alpha value is -4.00. The highest BCUT2D eigenvalue weighted by Gasteiger charge is 2.26. The van der Waals surface area contributed by atoms with Crippen molar-refractivity contribution in [1.82, 2.24) is 25.2 Å². The van der Waals surface area contributed by atoms with E-state index in [1.54, 1.807) is 15.8 Å². The van der Waals surface area contributed by atoms with E-state index in [0.717, 1.165) is 22.0 Å². The van der Waals surface area contributed by atoms with E-state index in [1.165, 1.54) is 0 Å². The molecule has 1 fully saturated rings. The van der Waals surface area contributed by atoms with Crippen molar-refractivity contribution in [3.8, 4) is 5.69 Å². The molecule has 7 heteroatoms. The van der Waals surface area contributed by atoms with E-state index in [0.29, 0.717) is 37.2 Å². The Bertz CT molecular complexity index is 1300. The van der Waals surface area contributed by atoms with Crippen molar-refractivity contribution < 1.29 is 9.59 Å². The third kappa shape index (κ3) is 4.48. The molecule has 5 rings (SSSR count). The Morgan fingerprint density at radius 1 is 0.939 bits per heavy atom. The first kappa shape index (κ1) is 20.9. The van der Waals surface area contributed by atoms with Crippen LogP contribution in [-0.2, 0) is 0 Å². The van der Waals surface area contributed by atoms with Gasteiger partial charge in [-0.3, -0.25) is 9.59 Å².